The molecule has 0 saturated carbocycles. The summed E-state index contributed by atoms with van der Waals surface area (Å²) in [6.45, 7) is 15.5. The van der Waals surface area contributed by atoms with Crippen LogP contribution in [0.15, 0.2) is 60.7 Å². The Hall–Kier alpha value is -1.57. The monoisotopic (exact) mass is 655 g/mol. The number of fused-ring (bicyclic) bond motifs is 1. The van der Waals surface area contributed by atoms with E-state index in [0.29, 0.717) is 41.6 Å². The van der Waals surface area contributed by atoms with Gasteiger partial charge in [-0.2, -0.15) is 0 Å². The van der Waals surface area contributed by atoms with Gasteiger partial charge in [0.15, 0.2) is 0 Å². The molecule has 1 fully saturated rings. The van der Waals surface area contributed by atoms with Crippen molar-refractivity contribution in [1.82, 2.24) is 14.7 Å². The Morgan fingerprint density at radius 3 is 2.12 bits per heavy atom. The van der Waals surface area contributed by atoms with Crippen LogP contribution >= 0.6 is 48.0 Å². The number of hydrogen-bond acceptors (Lipinski definition) is 4. The van der Waals surface area contributed by atoms with Crippen molar-refractivity contribution in [2.75, 3.05) is 52.4 Å². The molecule has 0 bridgehead atoms. The fraction of sp³-hybridized carbons (Fsp3) is 0.485. The summed E-state index contributed by atoms with van der Waals surface area (Å²) in [4.78, 5) is 19.9. The van der Waals surface area contributed by atoms with Gasteiger partial charge in [0.2, 0.25) is 5.91 Å². The van der Waals surface area contributed by atoms with E-state index in [4.69, 9.17) is 27.9 Å². The number of amides is 1. The molecule has 0 aliphatic carbocycles. The van der Waals surface area contributed by atoms with Crippen LogP contribution in [0.2, 0.25) is 10.0 Å². The van der Waals surface area contributed by atoms with Crippen LogP contribution < -0.4 is 0 Å². The van der Waals surface area contributed by atoms with Gasteiger partial charge in [-0.1, -0.05) is 93.4 Å². The van der Waals surface area contributed by atoms with Gasteiger partial charge >= 0.3 is 0 Å². The van der Waals surface area contributed by atoms with Crippen molar-refractivity contribution in [3.05, 3.63) is 81.8 Å². The SMILES string of the molecule is CC(C)CN(CC(=O)N1CCN(CC(OCc2ccc3ccccc3c2)c2ccc(Cl)cc2Cl)CC1)CC(C)C.Cl.Cl. The van der Waals surface area contributed by atoms with Crippen molar-refractivity contribution in [1.29, 1.82) is 0 Å². The molecule has 0 N–H and O–H groups in total. The van der Waals surface area contributed by atoms with Crippen molar-refractivity contribution in [2.45, 2.75) is 40.4 Å². The van der Waals surface area contributed by atoms with E-state index in [0.717, 1.165) is 50.4 Å². The van der Waals surface area contributed by atoms with E-state index in [1.807, 2.05) is 17.0 Å². The van der Waals surface area contributed by atoms with Crippen molar-refractivity contribution in [2.24, 2.45) is 11.8 Å². The second kappa shape index (κ2) is 17.7. The second-order valence-corrected chi connectivity index (χ2v) is 12.7. The van der Waals surface area contributed by atoms with Gasteiger partial charge in [-0.25, -0.2) is 0 Å². The molecule has 1 aliphatic heterocycles. The number of piperazine rings is 1. The minimum absolute atomic E-state index is 0. The lowest BCUT2D eigenvalue weighted by atomic mass is 10.1. The van der Waals surface area contributed by atoms with Crippen LogP contribution in [0.1, 0.15) is 44.9 Å². The number of hydrogen-bond donors (Lipinski definition) is 0. The number of ether oxygens (including phenoxy) is 1. The molecular weight excluding hydrogens is 612 g/mol. The van der Waals surface area contributed by atoms with Crippen LogP contribution in [0.25, 0.3) is 10.8 Å². The largest absolute Gasteiger partial charge is 0.367 e. The van der Waals surface area contributed by atoms with Gasteiger partial charge in [0, 0.05) is 61.4 Å². The number of rotatable bonds is 12. The topological polar surface area (TPSA) is 36.0 Å². The van der Waals surface area contributed by atoms with Crippen LogP contribution in [-0.2, 0) is 16.1 Å². The van der Waals surface area contributed by atoms with Crippen LogP contribution in [0.3, 0.4) is 0 Å². The fourth-order valence-electron chi connectivity index (χ4n) is 5.47. The molecule has 1 unspecified atom stereocenters. The van der Waals surface area contributed by atoms with Crippen molar-refractivity contribution in [3.63, 3.8) is 0 Å². The lowest BCUT2D eigenvalue weighted by molar-refractivity contribution is -0.134. The third-order valence-corrected chi connectivity index (χ3v) is 7.89. The lowest BCUT2D eigenvalue weighted by Gasteiger charge is -2.37. The molecule has 1 atom stereocenters. The number of benzene rings is 3. The summed E-state index contributed by atoms with van der Waals surface area (Å²) in [7, 11) is 0. The second-order valence-electron chi connectivity index (χ2n) is 11.8. The molecule has 0 spiro atoms. The van der Waals surface area contributed by atoms with Gasteiger partial charge in [0.1, 0.15) is 0 Å². The molecule has 9 heteroatoms. The third-order valence-electron chi connectivity index (χ3n) is 7.33. The Morgan fingerprint density at radius 2 is 1.50 bits per heavy atom. The first-order valence-corrected chi connectivity index (χ1v) is 15.2. The molecular formula is C33H45Cl4N3O2. The first-order valence-electron chi connectivity index (χ1n) is 14.4. The molecule has 0 radical (unpaired) electrons. The van der Waals surface area contributed by atoms with E-state index >= 15 is 0 Å². The molecule has 1 amide bonds. The van der Waals surface area contributed by atoms with Crippen LogP contribution in [-0.4, -0.2) is 73.0 Å². The highest BCUT2D eigenvalue weighted by Crippen LogP contribution is 2.30. The maximum absolute atomic E-state index is 13.2. The van der Waals surface area contributed by atoms with Gasteiger partial charge < -0.3 is 9.64 Å². The Kier molecular flexibility index (Phi) is 15.4. The fourth-order valence-corrected chi connectivity index (χ4v) is 6.00. The average molecular weight is 658 g/mol. The van der Waals surface area contributed by atoms with Crippen molar-refractivity contribution < 1.29 is 9.53 Å². The number of carbonyl (C=O) groups is 1. The predicted octanol–water partition coefficient (Wildman–Crippen LogP) is 8.01. The summed E-state index contributed by atoms with van der Waals surface area (Å²) in [6.07, 6.45) is -0.217. The third kappa shape index (κ3) is 10.9. The molecule has 42 heavy (non-hydrogen) atoms. The summed E-state index contributed by atoms with van der Waals surface area (Å²) in [5, 5.41) is 3.64. The average Bonchev–Trinajstić information content (AvgIpc) is 2.90. The number of carbonyl (C=O) groups excluding carboxylic acids is 1. The first-order chi connectivity index (χ1) is 19.2. The molecule has 3 aromatic rings. The van der Waals surface area contributed by atoms with Crippen LogP contribution in [0.5, 0.6) is 0 Å². The Bertz CT molecular complexity index is 1260. The molecule has 5 nitrogen and oxygen atoms in total. The molecule has 3 aromatic carbocycles. The summed E-state index contributed by atoms with van der Waals surface area (Å²) in [6, 6.07) is 20.4. The van der Waals surface area contributed by atoms with Gasteiger partial charge in [-0.05, 0) is 46.4 Å². The number of halogens is 4. The highest BCUT2D eigenvalue weighted by atomic mass is 35.5. The lowest BCUT2D eigenvalue weighted by Crippen LogP contribution is -2.52. The van der Waals surface area contributed by atoms with E-state index in [9.17, 15) is 4.79 Å². The van der Waals surface area contributed by atoms with Gasteiger partial charge in [0.05, 0.1) is 19.3 Å². The summed E-state index contributed by atoms with van der Waals surface area (Å²) in [5.41, 5.74) is 2.06. The molecule has 232 valence electrons. The van der Waals surface area contributed by atoms with Crippen molar-refractivity contribution >= 4 is 64.7 Å². The van der Waals surface area contributed by atoms with E-state index < -0.39 is 0 Å². The summed E-state index contributed by atoms with van der Waals surface area (Å²) >= 11 is 12.8. The van der Waals surface area contributed by atoms with Gasteiger partial charge in [0.25, 0.3) is 0 Å². The highest BCUT2D eigenvalue weighted by Gasteiger charge is 2.26. The Morgan fingerprint density at radius 1 is 0.857 bits per heavy atom. The quantitative estimate of drug-likeness (QED) is 0.198. The van der Waals surface area contributed by atoms with Crippen LogP contribution in [0, 0.1) is 11.8 Å². The van der Waals surface area contributed by atoms with E-state index in [1.165, 1.54) is 10.8 Å². The van der Waals surface area contributed by atoms with E-state index in [1.54, 1.807) is 6.07 Å². The molecule has 1 saturated heterocycles. The predicted molar refractivity (Wildman–Crippen MR) is 182 cm³/mol. The number of nitrogens with zero attached hydrogens (tertiary/aromatic N) is 3. The Labute approximate surface area is 274 Å². The smallest absolute Gasteiger partial charge is 0.236 e. The maximum atomic E-state index is 13.2. The maximum Gasteiger partial charge on any atom is 0.236 e. The Balaban J connectivity index is 0.00000308. The normalized spacial score (nSPS) is 14.7. The van der Waals surface area contributed by atoms with Gasteiger partial charge in [-0.3, -0.25) is 14.6 Å². The molecule has 4 rings (SSSR count). The summed E-state index contributed by atoms with van der Waals surface area (Å²) in [5.74, 6) is 1.30. The standard InChI is InChI=1S/C33H43Cl2N3O2.2ClH/c1-24(2)19-37(20-25(3)4)22-33(39)38-15-13-36(14-16-38)21-32(30-12-11-29(34)18-31(30)35)40-23-26-9-10-27-7-5-6-8-28(27)17-26;;/h5-12,17-18,24-25,32H,13-16,19-23H2,1-4H3;2*1H. The van der Waals surface area contributed by atoms with Gasteiger partial charge in [-0.15, -0.1) is 24.8 Å². The summed E-state index contributed by atoms with van der Waals surface area (Å²) < 4.78 is 6.53. The first kappa shape index (κ1) is 36.6. The zero-order valence-corrected chi connectivity index (χ0v) is 28.2. The van der Waals surface area contributed by atoms with Crippen molar-refractivity contribution in [3.8, 4) is 0 Å². The zero-order valence-electron chi connectivity index (χ0n) is 25.1. The van der Waals surface area contributed by atoms with Crippen LogP contribution in [0.4, 0.5) is 0 Å². The highest BCUT2D eigenvalue weighted by molar-refractivity contribution is 6.35. The minimum atomic E-state index is -0.217. The zero-order chi connectivity index (χ0) is 28.6. The minimum Gasteiger partial charge on any atom is -0.367 e. The van der Waals surface area contributed by atoms with E-state index in [2.05, 4.69) is 80.0 Å². The van der Waals surface area contributed by atoms with E-state index in [-0.39, 0.29) is 36.8 Å². The molecule has 1 aliphatic rings. The molecule has 0 aromatic heterocycles. The molecule has 1 heterocycles.